The van der Waals surface area contributed by atoms with Crippen LogP contribution in [0.15, 0.2) is 18.2 Å². The van der Waals surface area contributed by atoms with Crippen LogP contribution in [0, 0.1) is 11.3 Å². The fourth-order valence-electron chi connectivity index (χ4n) is 2.55. The van der Waals surface area contributed by atoms with Crippen LogP contribution in [-0.4, -0.2) is 12.2 Å². The highest BCUT2D eigenvalue weighted by molar-refractivity contribution is 5.46. The molecule has 1 aliphatic carbocycles. The van der Waals surface area contributed by atoms with Gasteiger partial charge in [-0.25, -0.2) is 0 Å². The minimum absolute atomic E-state index is 0.522. The number of nitrogens with zero attached hydrogens (tertiary/aromatic N) is 1. The van der Waals surface area contributed by atoms with Gasteiger partial charge in [0.2, 0.25) is 0 Å². The van der Waals surface area contributed by atoms with Crippen LogP contribution in [0.25, 0.3) is 0 Å². The fourth-order valence-corrected chi connectivity index (χ4v) is 2.55. The van der Waals surface area contributed by atoms with Gasteiger partial charge in [-0.2, -0.15) is 5.26 Å². The smallest absolute Gasteiger partial charge is 0.120 e. The maximum absolute atomic E-state index is 10.6. The molecular formula is C14H17NO2. The van der Waals surface area contributed by atoms with E-state index in [4.69, 9.17) is 10.00 Å². The molecule has 0 aliphatic heterocycles. The van der Waals surface area contributed by atoms with E-state index in [1.165, 1.54) is 6.42 Å². The standard InChI is InChI=1S/C14H17NO2/c1-17-12-5-6-13(11(9-12)10-15)14(16)7-3-2-4-8-14/h5-6,9,16H,2-4,7-8H2,1H3. The largest absolute Gasteiger partial charge is 0.497 e. The van der Waals surface area contributed by atoms with Crippen LogP contribution < -0.4 is 4.74 Å². The summed E-state index contributed by atoms with van der Waals surface area (Å²) in [5.41, 5.74) is 0.449. The average molecular weight is 231 g/mol. The van der Waals surface area contributed by atoms with Gasteiger partial charge in [-0.3, -0.25) is 0 Å². The first-order chi connectivity index (χ1) is 8.19. The van der Waals surface area contributed by atoms with Crippen LogP contribution in [-0.2, 0) is 5.60 Å². The first-order valence-electron chi connectivity index (χ1n) is 6.00. The number of benzene rings is 1. The van der Waals surface area contributed by atoms with Gasteiger partial charge in [0.15, 0.2) is 0 Å². The van der Waals surface area contributed by atoms with Gasteiger partial charge < -0.3 is 9.84 Å². The molecular weight excluding hydrogens is 214 g/mol. The molecule has 0 radical (unpaired) electrons. The number of rotatable bonds is 2. The minimum atomic E-state index is -0.824. The number of hydrogen-bond acceptors (Lipinski definition) is 3. The predicted octanol–water partition coefficient (Wildman–Crippen LogP) is 2.72. The Morgan fingerprint density at radius 2 is 2.00 bits per heavy atom. The monoisotopic (exact) mass is 231 g/mol. The summed E-state index contributed by atoms with van der Waals surface area (Å²) >= 11 is 0. The fraction of sp³-hybridized carbons (Fsp3) is 0.500. The molecule has 2 rings (SSSR count). The van der Waals surface area contributed by atoms with Gasteiger partial charge in [0.25, 0.3) is 0 Å². The highest BCUT2D eigenvalue weighted by atomic mass is 16.5. The van der Waals surface area contributed by atoms with Gasteiger partial charge in [0.1, 0.15) is 5.75 Å². The molecule has 3 nitrogen and oxygen atoms in total. The van der Waals surface area contributed by atoms with E-state index >= 15 is 0 Å². The summed E-state index contributed by atoms with van der Waals surface area (Å²) in [7, 11) is 1.57. The van der Waals surface area contributed by atoms with Gasteiger partial charge in [-0.15, -0.1) is 0 Å². The summed E-state index contributed by atoms with van der Waals surface area (Å²) in [5.74, 6) is 0.657. The van der Waals surface area contributed by atoms with Crippen LogP contribution in [0.2, 0.25) is 0 Å². The molecule has 0 aromatic heterocycles. The second-order valence-corrected chi connectivity index (χ2v) is 4.62. The molecule has 0 spiro atoms. The maximum atomic E-state index is 10.6. The molecule has 3 heteroatoms. The topological polar surface area (TPSA) is 53.2 Å². The van der Waals surface area contributed by atoms with Gasteiger partial charge >= 0.3 is 0 Å². The van der Waals surface area contributed by atoms with Crippen LogP contribution in [0.5, 0.6) is 5.75 Å². The van der Waals surface area contributed by atoms with Crippen LogP contribution >= 0.6 is 0 Å². The van der Waals surface area contributed by atoms with Gasteiger partial charge in [-0.1, -0.05) is 25.3 Å². The summed E-state index contributed by atoms with van der Waals surface area (Å²) in [5, 5.41) is 19.8. The molecule has 0 bridgehead atoms. The van der Waals surface area contributed by atoms with Gasteiger partial charge in [0.05, 0.1) is 24.3 Å². The lowest BCUT2D eigenvalue weighted by molar-refractivity contribution is -0.000890. The summed E-state index contributed by atoms with van der Waals surface area (Å²) < 4.78 is 5.10. The molecule has 1 aliphatic rings. The van der Waals surface area contributed by atoms with Gasteiger partial charge in [0, 0.05) is 5.56 Å². The Balaban J connectivity index is 2.40. The first kappa shape index (κ1) is 11.9. The summed E-state index contributed by atoms with van der Waals surface area (Å²) in [4.78, 5) is 0. The average Bonchev–Trinajstić information content (AvgIpc) is 2.38. The Morgan fingerprint density at radius 3 is 2.59 bits per heavy atom. The minimum Gasteiger partial charge on any atom is -0.497 e. The van der Waals surface area contributed by atoms with Crippen molar-refractivity contribution in [1.29, 1.82) is 5.26 Å². The molecule has 0 heterocycles. The van der Waals surface area contributed by atoms with Crippen LogP contribution in [0.3, 0.4) is 0 Å². The second-order valence-electron chi connectivity index (χ2n) is 4.62. The molecule has 1 aromatic carbocycles. The zero-order valence-corrected chi connectivity index (χ0v) is 10.1. The van der Waals surface area contributed by atoms with Gasteiger partial charge in [-0.05, 0) is 25.0 Å². The van der Waals surface area contributed by atoms with E-state index < -0.39 is 5.60 Å². The van der Waals surface area contributed by atoms with Crippen molar-refractivity contribution in [2.75, 3.05) is 7.11 Å². The lowest BCUT2D eigenvalue weighted by Gasteiger charge is -2.33. The van der Waals surface area contributed by atoms with Crippen LogP contribution in [0.1, 0.15) is 43.2 Å². The Labute approximate surface area is 102 Å². The summed E-state index contributed by atoms with van der Waals surface area (Å²) in [6, 6.07) is 7.48. The van der Waals surface area contributed by atoms with E-state index in [1.807, 2.05) is 12.1 Å². The normalized spacial score (nSPS) is 18.4. The van der Waals surface area contributed by atoms with Crippen molar-refractivity contribution in [3.63, 3.8) is 0 Å². The van der Waals surface area contributed by atoms with E-state index in [0.717, 1.165) is 31.2 Å². The van der Waals surface area contributed by atoms with E-state index in [0.29, 0.717) is 11.3 Å². The van der Waals surface area contributed by atoms with Crippen molar-refractivity contribution >= 4 is 0 Å². The van der Waals surface area contributed by atoms with Crippen molar-refractivity contribution in [3.8, 4) is 11.8 Å². The van der Waals surface area contributed by atoms with E-state index in [9.17, 15) is 5.11 Å². The zero-order valence-electron chi connectivity index (χ0n) is 10.1. The third-order valence-electron chi connectivity index (χ3n) is 3.53. The molecule has 1 saturated carbocycles. The zero-order chi connectivity index (χ0) is 12.3. The highest BCUT2D eigenvalue weighted by Crippen LogP contribution is 2.39. The van der Waals surface area contributed by atoms with Crippen molar-refractivity contribution in [2.24, 2.45) is 0 Å². The third kappa shape index (κ3) is 2.27. The molecule has 17 heavy (non-hydrogen) atoms. The maximum Gasteiger partial charge on any atom is 0.120 e. The number of nitriles is 1. The van der Waals surface area contributed by atoms with Crippen LogP contribution in [0.4, 0.5) is 0 Å². The number of ether oxygens (including phenoxy) is 1. The van der Waals surface area contributed by atoms with Crippen molar-refractivity contribution in [2.45, 2.75) is 37.7 Å². The quantitative estimate of drug-likeness (QED) is 0.851. The predicted molar refractivity (Wildman–Crippen MR) is 64.7 cm³/mol. The molecule has 1 N–H and O–H groups in total. The third-order valence-corrected chi connectivity index (χ3v) is 3.53. The molecule has 0 amide bonds. The molecule has 0 saturated heterocycles. The van der Waals surface area contributed by atoms with Crippen molar-refractivity contribution < 1.29 is 9.84 Å². The molecule has 90 valence electrons. The van der Waals surface area contributed by atoms with E-state index in [2.05, 4.69) is 6.07 Å². The van der Waals surface area contributed by atoms with Crippen molar-refractivity contribution in [1.82, 2.24) is 0 Å². The Morgan fingerprint density at radius 1 is 1.29 bits per heavy atom. The first-order valence-corrected chi connectivity index (χ1v) is 6.00. The number of methoxy groups -OCH3 is 1. The van der Waals surface area contributed by atoms with E-state index in [-0.39, 0.29) is 0 Å². The molecule has 1 aromatic rings. The highest BCUT2D eigenvalue weighted by Gasteiger charge is 2.33. The number of aliphatic hydroxyl groups is 1. The Kier molecular flexibility index (Phi) is 3.35. The second kappa shape index (κ2) is 4.77. The summed E-state index contributed by atoms with van der Waals surface area (Å²) in [6.45, 7) is 0. The molecule has 1 fully saturated rings. The SMILES string of the molecule is COc1ccc(C2(O)CCCCC2)c(C#N)c1. The molecule has 0 unspecified atom stereocenters. The van der Waals surface area contributed by atoms with E-state index in [1.54, 1.807) is 13.2 Å². The lowest BCUT2D eigenvalue weighted by atomic mass is 9.78. The number of hydrogen-bond donors (Lipinski definition) is 1. The Hall–Kier alpha value is -1.53. The molecule has 0 atom stereocenters. The summed E-state index contributed by atoms with van der Waals surface area (Å²) in [6.07, 6.45) is 4.70. The van der Waals surface area contributed by atoms with Crippen molar-refractivity contribution in [3.05, 3.63) is 29.3 Å². The Bertz CT molecular complexity index is 442. The lowest BCUT2D eigenvalue weighted by Crippen LogP contribution is -2.29.